The second-order valence-electron chi connectivity index (χ2n) is 3.80. The van der Waals surface area contributed by atoms with Crippen LogP contribution in [-0.4, -0.2) is 14.3 Å². The summed E-state index contributed by atoms with van der Waals surface area (Å²) in [5.74, 6) is 0.155. The van der Waals surface area contributed by atoms with Gasteiger partial charge in [0.15, 0.2) is 0 Å². The van der Waals surface area contributed by atoms with Crippen LogP contribution in [-0.2, 0) is 10.0 Å². The summed E-state index contributed by atoms with van der Waals surface area (Å²) in [6.07, 6.45) is 0. The van der Waals surface area contributed by atoms with Crippen molar-refractivity contribution in [2.24, 2.45) is 0 Å². The van der Waals surface area contributed by atoms with Crippen molar-refractivity contribution >= 4 is 44.6 Å². The van der Waals surface area contributed by atoms with E-state index in [1.54, 1.807) is 6.07 Å². The fourth-order valence-electron chi connectivity index (χ4n) is 1.56. The van der Waals surface area contributed by atoms with Gasteiger partial charge >= 0.3 is 0 Å². The zero-order valence-corrected chi connectivity index (χ0v) is 12.9. The molecule has 1 heterocycles. The van der Waals surface area contributed by atoms with Crippen molar-refractivity contribution in [1.82, 2.24) is 4.72 Å². The third-order valence-corrected chi connectivity index (χ3v) is 5.97. The highest BCUT2D eigenvalue weighted by molar-refractivity contribution is 7.91. The molecule has 0 radical (unpaired) electrons. The average molecular weight is 336 g/mol. The van der Waals surface area contributed by atoms with Crippen LogP contribution in [0.25, 0.3) is 0 Å². The molecule has 0 fully saturated rings. The minimum absolute atomic E-state index is 0.155. The van der Waals surface area contributed by atoms with Gasteiger partial charge in [-0.3, -0.25) is 0 Å². The Labute approximate surface area is 126 Å². The Kier molecular flexibility index (Phi) is 4.86. The van der Waals surface area contributed by atoms with Gasteiger partial charge in [-0.1, -0.05) is 41.9 Å². The van der Waals surface area contributed by atoms with Gasteiger partial charge in [-0.2, -0.15) is 0 Å². The number of alkyl halides is 1. The van der Waals surface area contributed by atoms with Crippen LogP contribution in [0, 0.1) is 0 Å². The van der Waals surface area contributed by atoms with E-state index < -0.39 is 16.1 Å². The van der Waals surface area contributed by atoms with E-state index in [2.05, 4.69) is 4.72 Å². The Morgan fingerprint density at radius 2 is 1.84 bits per heavy atom. The van der Waals surface area contributed by atoms with Gasteiger partial charge in [-0.05, 0) is 17.7 Å². The quantitative estimate of drug-likeness (QED) is 0.847. The molecule has 19 heavy (non-hydrogen) atoms. The first-order chi connectivity index (χ1) is 9.03. The summed E-state index contributed by atoms with van der Waals surface area (Å²) in [4.78, 5) is 0. The zero-order valence-electron chi connectivity index (χ0n) is 9.71. The van der Waals surface area contributed by atoms with E-state index >= 15 is 0 Å². The zero-order chi connectivity index (χ0) is 13.9. The molecule has 0 saturated carbocycles. The predicted molar refractivity (Wildman–Crippen MR) is 79.6 cm³/mol. The van der Waals surface area contributed by atoms with Gasteiger partial charge in [0.25, 0.3) is 10.0 Å². The minimum atomic E-state index is -3.60. The summed E-state index contributed by atoms with van der Waals surface area (Å²) in [6.45, 7) is 0. The molecule has 7 heteroatoms. The van der Waals surface area contributed by atoms with Crippen molar-refractivity contribution in [3.63, 3.8) is 0 Å². The topological polar surface area (TPSA) is 46.2 Å². The second-order valence-corrected chi connectivity index (χ2v) is 7.76. The Balaban J connectivity index is 2.23. The molecule has 1 N–H and O–H groups in total. The second kappa shape index (κ2) is 6.24. The van der Waals surface area contributed by atoms with Gasteiger partial charge in [0.2, 0.25) is 0 Å². The Hall–Kier alpha value is -0.590. The van der Waals surface area contributed by atoms with Crippen molar-refractivity contribution < 1.29 is 8.42 Å². The van der Waals surface area contributed by atoms with E-state index in [4.69, 9.17) is 23.2 Å². The molecular weight excluding hydrogens is 325 g/mol. The average Bonchev–Trinajstić information content (AvgIpc) is 2.85. The van der Waals surface area contributed by atoms with E-state index in [0.29, 0.717) is 4.34 Å². The highest BCUT2D eigenvalue weighted by atomic mass is 35.5. The number of hydrogen-bond donors (Lipinski definition) is 1. The summed E-state index contributed by atoms with van der Waals surface area (Å²) < 4.78 is 27.5. The summed E-state index contributed by atoms with van der Waals surface area (Å²) in [6, 6.07) is 11.8. The molecule has 102 valence electrons. The number of benzene rings is 1. The number of rotatable bonds is 5. The molecule has 2 aromatic rings. The first kappa shape index (κ1) is 14.8. The van der Waals surface area contributed by atoms with Gasteiger partial charge in [0.05, 0.1) is 10.4 Å². The number of sulfonamides is 1. The smallest absolute Gasteiger partial charge is 0.206 e. The Bertz CT molecular complexity index is 641. The normalized spacial score (nSPS) is 13.4. The molecule has 0 bridgehead atoms. The van der Waals surface area contributed by atoms with E-state index in [-0.39, 0.29) is 10.1 Å². The first-order valence-corrected chi connectivity index (χ1v) is 8.63. The molecule has 0 aliphatic heterocycles. The van der Waals surface area contributed by atoms with Crippen molar-refractivity contribution in [3.8, 4) is 0 Å². The fraction of sp³-hybridized carbons (Fsp3) is 0.167. The molecule has 1 unspecified atom stereocenters. The van der Waals surface area contributed by atoms with Crippen molar-refractivity contribution in [2.45, 2.75) is 10.3 Å². The molecule has 3 nitrogen and oxygen atoms in total. The molecule has 0 aliphatic rings. The van der Waals surface area contributed by atoms with Crippen LogP contribution in [0.5, 0.6) is 0 Å². The molecule has 1 atom stereocenters. The lowest BCUT2D eigenvalue weighted by molar-refractivity contribution is 0.570. The van der Waals surface area contributed by atoms with Gasteiger partial charge < -0.3 is 0 Å². The van der Waals surface area contributed by atoms with Gasteiger partial charge in [0.1, 0.15) is 4.21 Å². The van der Waals surface area contributed by atoms with Crippen LogP contribution in [0.2, 0.25) is 4.34 Å². The molecular formula is C12H11Cl2NO2S2. The summed E-state index contributed by atoms with van der Waals surface area (Å²) in [5.41, 5.74) is 0.823. The third kappa shape index (κ3) is 3.70. The Morgan fingerprint density at radius 3 is 2.37 bits per heavy atom. The van der Waals surface area contributed by atoms with Crippen LogP contribution in [0.15, 0.2) is 46.7 Å². The van der Waals surface area contributed by atoms with Crippen LogP contribution >= 0.6 is 34.5 Å². The maximum Gasteiger partial charge on any atom is 0.250 e. The molecule has 0 aliphatic carbocycles. The fourth-order valence-corrected chi connectivity index (χ4v) is 4.63. The largest absolute Gasteiger partial charge is 0.250 e. The van der Waals surface area contributed by atoms with Crippen LogP contribution in [0.4, 0.5) is 0 Å². The van der Waals surface area contributed by atoms with Gasteiger partial charge in [0, 0.05) is 5.88 Å². The molecule has 0 amide bonds. The van der Waals surface area contributed by atoms with Crippen molar-refractivity contribution in [3.05, 3.63) is 52.4 Å². The monoisotopic (exact) mass is 335 g/mol. The van der Waals surface area contributed by atoms with Crippen molar-refractivity contribution in [1.29, 1.82) is 0 Å². The number of hydrogen-bond acceptors (Lipinski definition) is 3. The van der Waals surface area contributed by atoms with Crippen LogP contribution in [0.3, 0.4) is 0 Å². The first-order valence-electron chi connectivity index (χ1n) is 5.41. The lowest BCUT2D eigenvalue weighted by Crippen LogP contribution is -2.29. The summed E-state index contributed by atoms with van der Waals surface area (Å²) >= 11 is 12.6. The third-order valence-electron chi connectivity index (χ3n) is 2.47. The maximum absolute atomic E-state index is 12.2. The van der Waals surface area contributed by atoms with Gasteiger partial charge in [-0.25, -0.2) is 13.1 Å². The minimum Gasteiger partial charge on any atom is -0.206 e. The molecule has 2 rings (SSSR count). The van der Waals surface area contributed by atoms with E-state index in [9.17, 15) is 8.42 Å². The van der Waals surface area contributed by atoms with Gasteiger partial charge in [-0.15, -0.1) is 22.9 Å². The summed E-state index contributed by atoms with van der Waals surface area (Å²) in [7, 11) is -3.60. The maximum atomic E-state index is 12.2. The number of thiophene rings is 1. The van der Waals surface area contributed by atoms with Crippen molar-refractivity contribution in [2.75, 3.05) is 5.88 Å². The standard InChI is InChI=1S/C12H11Cl2NO2S2/c13-8-10(9-4-2-1-3-5-9)15-19(16,17)12-7-6-11(14)18-12/h1-7,10,15H,8H2. The number of halogens is 2. The van der Waals surface area contributed by atoms with Crippen LogP contribution < -0.4 is 4.72 Å². The SMILES string of the molecule is O=S(=O)(NC(CCl)c1ccccc1)c1ccc(Cl)s1. The van der Waals surface area contributed by atoms with E-state index in [1.165, 1.54) is 6.07 Å². The summed E-state index contributed by atoms with van der Waals surface area (Å²) in [5, 5.41) is 0. The lowest BCUT2D eigenvalue weighted by Gasteiger charge is -2.15. The molecule has 1 aromatic carbocycles. The lowest BCUT2D eigenvalue weighted by atomic mass is 10.1. The highest BCUT2D eigenvalue weighted by Crippen LogP contribution is 2.27. The highest BCUT2D eigenvalue weighted by Gasteiger charge is 2.22. The Morgan fingerprint density at radius 1 is 1.16 bits per heavy atom. The van der Waals surface area contributed by atoms with Crippen LogP contribution in [0.1, 0.15) is 11.6 Å². The molecule has 0 spiro atoms. The van der Waals surface area contributed by atoms with E-state index in [0.717, 1.165) is 16.9 Å². The predicted octanol–water partition coefficient (Wildman–Crippen LogP) is 3.66. The molecule has 1 aromatic heterocycles. The number of nitrogens with one attached hydrogen (secondary N) is 1. The molecule has 0 saturated heterocycles. The van der Waals surface area contributed by atoms with E-state index in [1.807, 2.05) is 30.3 Å².